The first-order valence-electron chi connectivity index (χ1n) is 7.05. The summed E-state index contributed by atoms with van der Waals surface area (Å²) < 4.78 is 0. The zero-order valence-electron chi connectivity index (χ0n) is 12.4. The number of hydrogen-bond acceptors (Lipinski definition) is 5. The Hall–Kier alpha value is -0.490. The van der Waals surface area contributed by atoms with Crippen LogP contribution in [-0.2, 0) is 13.0 Å². The average molecular weight is 282 g/mol. The minimum Gasteiger partial charge on any atom is -0.330 e. The summed E-state index contributed by atoms with van der Waals surface area (Å²) in [4.78, 5) is 9.44. The lowest BCUT2D eigenvalue weighted by Gasteiger charge is -2.49. The summed E-state index contributed by atoms with van der Waals surface area (Å²) in [5, 5.41) is 3.33. The summed E-state index contributed by atoms with van der Waals surface area (Å²) in [6, 6.07) is 0. The van der Waals surface area contributed by atoms with E-state index in [-0.39, 0.29) is 0 Å². The minimum atomic E-state index is 0.394. The van der Waals surface area contributed by atoms with Crippen molar-refractivity contribution in [2.24, 2.45) is 5.73 Å². The third kappa shape index (κ3) is 3.54. The van der Waals surface area contributed by atoms with E-state index in [1.807, 2.05) is 0 Å². The van der Waals surface area contributed by atoms with E-state index in [1.165, 1.54) is 25.0 Å². The van der Waals surface area contributed by atoms with Crippen LogP contribution >= 0.6 is 11.3 Å². The van der Waals surface area contributed by atoms with Crippen LogP contribution in [0.5, 0.6) is 0 Å². The highest BCUT2D eigenvalue weighted by molar-refractivity contribution is 7.09. The van der Waals surface area contributed by atoms with Crippen LogP contribution in [0.2, 0.25) is 0 Å². The van der Waals surface area contributed by atoms with Gasteiger partial charge in [0.2, 0.25) is 0 Å². The van der Waals surface area contributed by atoms with Crippen molar-refractivity contribution in [3.05, 3.63) is 16.1 Å². The highest BCUT2D eigenvalue weighted by atomic mass is 32.1. The molecule has 0 aliphatic heterocycles. The number of hydrogen-bond donors (Lipinski definition) is 1. The Bertz CT molecular complexity index is 398. The van der Waals surface area contributed by atoms with Crippen molar-refractivity contribution in [3.63, 3.8) is 0 Å². The molecule has 1 aliphatic rings. The molecule has 1 aromatic heterocycles. The third-order valence-electron chi connectivity index (χ3n) is 4.19. The maximum atomic E-state index is 5.56. The molecule has 0 bridgehead atoms. The molecule has 1 heterocycles. The van der Waals surface area contributed by atoms with Crippen LogP contribution in [0.15, 0.2) is 5.38 Å². The van der Waals surface area contributed by atoms with Crippen LogP contribution in [0.1, 0.15) is 30.0 Å². The van der Waals surface area contributed by atoms with Crippen LogP contribution in [-0.4, -0.2) is 54.6 Å². The van der Waals surface area contributed by atoms with E-state index in [2.05, 4.69) is 41.3 Å². The summed E-state index contributed by atoms with van der Waals surface area (Å²) in [5.74, 6) is 0. The van der Waals surface area contributed by atoms with Gasteiger partial charge in [0, 0.05) is 30.4 Å². The molecule has 0 unspecified atom stereocenters. The standard InChI is InChI=1S/C14H26N4S/c1-17(2)14(6-4-7-14)11-18(3)9-12-10-19-13(16-12)5-8-15/h10H,4-9,11,15H2,1-3H3. The second-order valence-electron chi connectivity index (χ2n) is 5.92. The summed E-state index contributed by atoms with van der Waals surface area (Å²) in [6.07, 6.45) is 4.90. The van der Waals surface area contributed by atoms with Gasteiger partial charge in [-0.25, -0.2) is 4.98 Å². The Balaban J connectivity index is 1.87. The van der Waals surface area contributed by atoms with Crippen LogP contribution in [0.3, 0.4) is 0 Å². The van der Waals surface area contributed by atoms with Gasteiger partial charge in [-0.15, -0.1) is 11.3 Å². The summed E-state index contributed by atoms with van der Waals surface area (Å²) in [5.41, 5.74) is 7.14. The molecule has 0 atom stereocenters. The lowest BCUT2D eigenvalue weighted by Crippen LogP contribution is -2.56. The van der Waals surface area contributed by atoms with Gasteiger partial charge in [0.05, 0.1) is 10.7 Å². The fraction of sp³-hybridized carbons (Fsp3) is 0.786. The summed E-state index contributed by atoms with van der Waals surface area (Å²) in [6.45, 7) is 2.76. The molecule has 4 nitrogen and oxygen atoms in total. The summed E-state index contributed by atoms with van der Waals surface area (Å²) in [7, 11) is 6.61. The fourth-order valence-electron chi connectivity index (χ4n) is 2.83. The molecule has 2 rings (SSSR count). The number of rotatable bonds is 7. The number of aromatic nitrogens is 1. The number of likely N-dealkylation sites (N-methyl/N-ethyl adjacent to an activating group) is 2. The lowest BCUT2D eigenvalue weighted by molar-refractivity contribution is 0.0256. The monoisotopic (exact) mass is 282 g/mol. The predicted molar refractivity (Wildman–Crippen MR) is 81.5 cm³/mol. The molecule has 2 N–H and O–H groups in total. The maximum absolute atomic E-state index is 5.56. The molecular weight excluding hydrogens is 256 g/mol. The zero-order valence-corrected chi connectivity index (χ0v) is 13.2. The van der Waals surface area contributed by atoms with E-state index in [1.54, 1.807) is 11.3 Å². The van der Waals surface area contributed by atoms with Gasteiger partial charge in [0.1, 0.15) is 0 Å². The third-order valence-corrected chi connectivity index (χ3v) is 5.14. The molecule has 19 heavy (non-hydrogen) atoms. The van der Waals surface area contributed by atoms with Crippen LogP contribution in [0, 0.1) is 0 Å². The molecule has 0 amide bonds. The van der Waals surface area contributed by atoms with E-state index in [9.17, 15) is 0 Å². The van der Waals surface area contributed by atoms with Gasteiger partial charge >= 0.3 is 0 Å². The van der Waals surface area contributed by atoms with Gasteiger partial charge in [-0.3, -0.25) is 4.90 Å². The second kappa shape index (κ2) is 6.31. The molecule has 0 radical (unpaired) electrons. The van der Waals surface area contributed by atoms with Crippen LogP contribution in [0.25, 0.3) is 0 Å². The smallest absolute Gasteiger partial charge is 0.0941 e. The number of nitrogens with zero attached hydrogens (tertiary/aromatic N) is 3. The molecule has 1 saturated carbocycles. The second-order valence-corrected chi connectivity index (χ2v) is 6.86. The lowest BCUT2D eigenvalue weighted by atomic mass is 9.75. The highest BCUT2D eigenvalue weighted by Gasteiger charge is 2.39. The Morgan fingerprint density at radius 2 is 2.11 bits per heavy atom. The van der Waals surface area contributed by atoms with Gasteiger partial charge in [0.15, 0.2) is 0 Å². The van der Waals surface area contributed by atoms with E-state index in [4.69, 9.17) is 5.73 Å². The van der Waals surface area contributed by atoms with E-state index < -0.39 is 0 Å². The Labute approximate surface area is 120 Å². The van der Waals surface area contributed by atoms with Crippen molar-refractivity contribution in [2.75, 3.05) is 34.2 Å². The van der Waals surface area contributed by atoms with Crippen molar-refractivity contribution in [1.29, 1.82) is 0 Å². The molecular formula is C14H26N4S. The van der Waals surface area contributed by atoms with Crippen LogP contribution < -0.4 is 5.73 Å². The number of nitrogens with two attached hydrogens (primary N) is 1. The van der Waals surface area contributed by atoms with Gasteiger partial charge < -0.3 is 10.6 Å². The maximum Gasteiger partial charge on any atom is 0.0941 e. The van der Waals surface area contributed by atoms with Gasteiger partial charge in [0.25, 0.3) is 0 Å². The van der Waals surface area contributed by atoms with Crippen molar-refractivity contribution < 1.29 is 0 Å². The van der Waals surface area contributed by atoms with E-state index in [0.717, 1.165) is 24.5 Å². The SMILES string of the molecule is CN(Cc1csc(CCN)n1)CC1(N(C)C)CCC1. The van der Waals surface area contributed by atoms with Gasteiger partial charge in [-0.2, -0.15) is 0 Å². The van der Waals surface area contributed by atoms with Gasteiger partial charge in [-0.1, -0.05) is 0 Å². The number of thiazole rings is 1. The molecule has 0 aromatic carbocycles. The molecule has 0 spiro atoms. The minimum absolute atomic E-state index is 0.394. The van der Waals surface area contributed by atoms with Crippen molar-refractivity contribution in [1.82, 2.24) is 14.8 Å². The first kappa shape index (κ1) is 14.9. The Morgan fingerprint density at radius 1 is 1.37 bits per heavy atom. The van der Waals surface area contributed by atoms with Crippen LogP contribution in [0.4, 0.5) is 0 Å². The Morgan fingerprint density at radius 3 is 2.63 bits per heavy atom. The van der Waals surface area contributed by atoms with Gasteiger partial charge in [-0.05, 0) is 47.0 Å². The molecule has 108 valence electrons. The first-order chi connectivity index (χ1) is 9.05. The average Bonchev–Trinajstić information content (AvgIpc) is 2.71. The Kier molecular flexibility index (Phi) is 4.95. The first-order valence-corrected chi connectivity index (χ1v) is 7.93. The molecule has 1 aliphatic carbocycles. The van der Waals surface area contributed by atoms with E-state index >= 15 is 0 Å². The quantitative estimate of drug-likeness (QED) is 0.824. The largest absolute Gasteiger partial charge is 0.330 e. The van der Waals surface area contributed by atoms with Crippen molar-refractivity contribution in [2.45, 2.75) is 37.8 Å². The molecule has 1 aromatic rings. The molecule has 0 saturated heterocycles. The van der Waals surface area contributed by atoms with E-state index in [0.29, 0.717) is 12.1 Å². The summed E-state index contributed by atoms with van der Waals surface area (Å²) >= 11 is 1.73. The zero-order chi connectivity index (χ0) is 13.9. The highest BCUT2D eigenvalue weighted by Crippen LogP contribution is 2.36. The predicted octanol–water partition coefficient (Wildman–Crippen LogP) is 1.56. The molecule has 1 fully saturated rings. The molecule has 5 heteroatoms. The van der Waals surface area contributed by atoms with Crippen molar-refractivity contribution >= 4 is 11.3 Å². The topological polar surface area (TPSA) is 45.4 Å². The normalized spacial score (nSPS) is 18.0. The van der Waals surface area contributed by atoms with Crippen molar-refractivity contribution in [3.8, 4) is 0 Å². The fourth-order valence-corrected chi connectivity index (χ4v) is 3.63.